The highest BCUT2D eigenvalue weighted by molar-refractivity contribution is 5.82. The number of nitrogens with zero attached hydrogens (tertiary/aromatic N) is 2. The van der Waals surface area contributed by atoms with Crippen molar-refractivity contribution in [2.45, 2.75) is 13.0 Å². The topological polar surface area (TPSA) is 59.1 Å². The molecule has 3 rings (SSSR count). The van der Waals surface area contributed by atoms with E-state index < -0.39 is 6.10 Å². The fourth-order valence-corrected chi connectivity index (χ4v) is 2.59. The fourth-order valence-electron chi connectivity index (χ4n) is 2.59. The van der Waals surface area contributed by atoms with Crippen LogP contribution in [0.2, 0.25) is 0 Å². The third-order valence-electron chi connectivity index (χ3n) is 3.82. The molecule has 21 heavy (non-hydrogen) atoms. The third kappa shape index (κ3) is 2.79. The summed E-state index contributed by atoms with van der Waals surface area (Å²) >= 11 is 0. The van der Waals surface area contributed by atoms with Crippen molar-refractivity contribution in [3.8, 4) is 11.5 Å². The van der Waals surface area contributed by atoms with Gasteiger partial charge in [0.1, 0.15) is 6.61 Å². The lowest BCUT2D eigenvalue weighted by Gasteiger charge is -2.36. The second-order valence-electron chi connectivity index (χ2n) is 5.20. The molecule has 112 valence electrons. The monoisotopic (exact) mass is 290 g/mol. The van der Waals surface area contributed by atoms with Crippen LogP contribution < -0.4 is 9.47 Å². The highest BCUT2D eigenvalue weighted by Gasteiger charge is 2.32. The molecule has 0 unspecified atom stereocenters. The molecule has 0 bridgehead atoms. The number of piperazine rings is 1. The van der Waals surface area contributed by atoms with E-state index in [0.717, 1.165) is 0 Å². The standard InChI is InChI=1S/C15H18N2O4/c1-11(18)16-6-8-17(9-7-16)15(19)14-10-20-12-4-2-3-5-13(12)21-14/h2-5,14H,6-10H2,1H3/t14-/m0/s1. The van der Waals surface area contributed by atoms with Crippen LogP contribution in [-0.2, 0) is 9.59 Å². The van der Waals surface area contributed by atoms with Crippen molar-refractivity contribution < 1.29 is 19.1 Å². The van der Waals surface area contributed by atoms with Crippen LogP contribution in [0, 0.1) is 0 Å². The highest BCUT2D eigenvalue weighted by Crippen LogP contribution is 2.31. The predicted molar refractivity (Wildman–Crippen MR) is 75.2 cm³/mol. The Bertz CT molecular complexity index is 552. The van der Waals surface area contributed by atoms with Crippen molar-refractivity contribution in [3.05, 3.63) is 24.3 Å². The van der Waals surface area contributed by atoms with E-state index >= 15 is 0 Å². The number of carbonyl (C=O) groups is 2. The van der Waals surface area contributed by atoms with E-state index in [1.54, 1.807) is 22.8 Å². The molecule has 1 fully saturated rings. The minimum absolute atomic E-state index is 0.0493. The van der Waals surface area contributed by atoms with Crippen LogP contribution in [0.5, 0.6) is 11.5 Å². The molecule has 1 atom stereocenters. The molecule has 0 saturated carbocycles. The molecule has 2 aliphatic heterocycles. The van der Waals surface area contributed by atoms with Crippen LogP contribution in [-0.4, -0.2) is 60.5 Å². The van der Waals surface area contributed by atoms with Gasteiger partial charge >= 0.3 is 0 Å². The Kier molecular flexibility index (Phi) is 3.68. The van der Waals surface area contributed by atoms with Crippen molar-refractivity contribution in [2.75, 3.05) is 32.8 Å². The quantitative estimate of drug-likeness (QED) is 0.756. The van der Waals surface area contributed by atoms with Crippen LogP contribution in [0.1, 0.15) is 6.92 Å². The van der Waals surface area contributed by atoms with Gasteiger partial charge in [0.05, 0.1) is 0 Å². The van der Waals surface area contributed by atoms with Crippen molar-refractivity contribution in [1.29, 1.82) is 0 Å². The predicted octanol–water partition coefficient (Wildman–Crippen LogP) is 0.517. The fraction of sp³-hybridized carbons (Fsp3) is 0.467. The SMILES string of the molecule is CC(=O)N1CCN(C(=O)[C@@H]2COc3ccccc3O2)CC1. The van der Waals surface area contributed by atoms with Gasteiger partial charge in [0.15, 0.2) is 11.5 Å². The molecular weight excluding hydrogens is 272 g/mol. The van der Waals surface area contributed by atoms with Gasteiger partial charge in [-0.2, -0.15) is 0 Å². The number of para-hydroxylation sites is 2. The molecule has 6 nitrogen and oxygen atoms in total. The Morgan fingerprint density at radius 1 is 1.05 bits per heavy atom. The molecular formula is C15H18N2O4. The zero-order valence-electron chi connectivity index (χ0n) is 11.9. The van der Waals surface area contributed by atoms with Gasteiger partial charge in [-0.25, -0.2) is 0 Å². The first-order chi connectivity index (χ1) is 10.1. The molecule has 0 aliphatic carbocycles. The molecule has 2 amide bonds. The molecule has 0 aromatic heterocycles. The average Bonchev–Trinajstić information content (AvgIpc) is 2.54. The molecule has 0 spiro atoms. The van der Waals surface area contributed by atoms with E-state index in [0.29, 0.717) is 37.7 Å². The largest absolute Gasteiger partial charge is 0.485 e. The molecule has 0 radical (unpaired) electrons. The zero-order chi connectivity index (χ0) is 14.8. The minimum Gasteiger partial charge on any atom is -0.485 e. The van der Waals surface area contributed by atoms with E-state index in [-0.39, 0.29) is 18.4 Å². The summed E-state index contributed by atoms with van der Waals surface area (Å²) in [6, 6.07) is 7.33. The molecule has 2 aliphatic rings. The van der Waals surface area contributed by atoms with Crippen LogP contribution in [0.15, 0.2) is 24.3 Å². The molecule has 1 aromatic rings. The normalized spacial score (nSPS) is 21.1. The van der Waals surface area contributed by atoms with Crippen LogP contribution in [0.3, 0.4) is 0 Å². The number of carbonyl (C=O) groups excluding carboxylic acids is 2. The summed E-state index contributed by atoms with van der Waals surface area (Å²) in [5.41, 5.74) is 0. The summed E-state index contributed by atoms with van der Waals surface area (Å²) in [6.07, 6.45) is -0.608. The number of hydrogen-bond donors (Lipinski definition) is 0. The smallest absolute Gasteiger partial charge is 0.267 e. The van der Waals surface area contributed by atoms with Crippen LogP contribution in [0.4, 0.5) is 0 Å². The Hall–Kier alpha value is -2.24. The molecule has 2 heterocycles. The average molecular weight is 290 g/mol. The van der Waals surface area contributed by atoms with Gasteiger partial charge in [-0.05, 0) is 12.1 Å². The van der Waals surface area contributed by atoms with E-state index in [2.05, 4.69) is 0 Å². The Balaban J connectivity index is 1.61. The van der Waals surface area contributed by atoms with Gasteiger partial charge in [-0.1, -0.05) is 12.1 Å². The number of benzene rings is 1. The number of hydrogen-bond acceptors (Lipinski definition) is 4. The van der Waals surface area contributed by atoms with Gasteiger partial charge in [0.2, 0.25) is 12.0 Å². The van der Waals surface area contributed by atoms with Crippen molar-refractivity contribution in [2.24, 2.45) is 0 Å². The highest BCUT2D eigenvalue weighted by atomic mass is 16.6. The molecule has 6 heteroatoms. The van der Waals surface area contributed by atoms with Gasteiger partial charge in [-0.15, -0.1) is 0 Å². The molecule has 1 saturated heterocycles. The third-order valence-corrected chi connectivity index (χ3v) is 3.82. The second kappa shape index (κ2) is 5.63. The summed E-state index contributed by atoms with van der Waals surface area (Å²) in [4.78, 5) is 27.2. The Morgan fingerprint density at radius 3 is 2.33 bits per heavy atom. The lowest BCUT2D eigenvalue weighted by Crippen LogP contribution is -2.54. The van der Waals surface area contributed by atoms with E-state index in [9.17, 15) is 9.59 Å². The van der Waals surface area contributed by atoms with Gasteiger partial charge in [-0.3, -0.25) is 9.59 Å². The van der Waals surface area contributed by atoms with E-state index in [4.69, 9.17) is 9.47 Å². The van der Waals surface area contributed by atoms with E-state index in [1.807, 2.05) is 18.2 Å². The minimum atomic E-state index is -0.608. The maximum atomic E-state index is 12.5. The number of ether oxygens (including phenoxy) is 2. The van der Waals surface area contributed by atoms with Crippen molar-refractivity contribution in [1.82, 2.24) is 9.80 Å². The van der Waals surface area contributed by atoms with Gasteiger partial charge in [0, 0.05) is 33.1 Å². The summed E-state index contributed by atoms with van der Waals surface area (Å²) < 4.78 is 11.3. The number of fused-ring (bicyclic) bond motifs is 1. The van der Waals surface area contributed by atoms with Crippen LogP contribution >= 0.6 is 0 Å². The Labute approximate surface area is 123 Å². The summed E-state index contributed by atoms with van der Waals surface area (Å²) in [7, 11) is 0. The first kappa shape index (κ1) is 13.7. The first-order valence-corrected chi connectivity index (χ1v) is 7.08. The maximum absolute atomic E-state index is 12.5. The zero-order valence-corrected chi connectivity index (χ0v) is 11.9. The number of rotatable bonds is 1. The summed E-state index contributed by atoms with van der Waals surface area (Å²) in [6.45, 7) is 4.01. The molecule has 0 N–H and O–H groups in total. The lowest BCUT2D eigenvalue weighted by atomic mass is 10.2. The summed E-state index contributed by atoms with van der Waals surface area (Å²) in [5.74, 6) is 1.24. The summed E-state index contributed by atoms with van der Waals surface area (Å²) in [5, 5.41) is 0. The van der Waals surface area contributed by atoms with Gasteiger partial charge < -0.3 is 19.3 Å². The van der Waals surface area contributed by atoms with E-state index in [1.165, 1.54) is 0 Å². The van der Waals surface area contributed by atoms with Crippen molar-refractivity contribution in [3.63, 3.8) is 0 Å². The maximum Gasteiger partial charge on any atom is 0.267 e. The van der Waals surface area contributed by atoms with Gasteiger partial charge in [0.25, 0.3) is 5.91 Å². The number of amides is 2. The first-order valence-electron chi connectivity index (χ1n) is 7.08. The lowest BCUT2D eigenvalue weighted by molar-refractivity contribution is -0.145. The second-order valence-corrected chi connectivity index (χ2v) is 5.20. The van der Waals surface area contributed by atoms with Crippen molar-refractivity contribution >= 4 is 11.8 Å². The Morgan fingerprint density at radius 2 is 1.67 bits per heavy atom. The van der Waals surface area contributed by atoms with Crippen LogP contribution in [0.25, 0.3) is 0 Å². The molecule has 1 aromatic carbocycles.